The number of benzene rings is 1. The fourth-order valence-corrected chi connectivity index (χ4v) is 4.30. The van der Waals surface area contributed by atoms with Crippen LogP contribution >= 0.6 is 0 Å². The van der Waals surface area contributed by atoms with Gasteiger partial charge in [0.25, 0.3) is 0 Å². The normalized spacial score (nSPS) is 31.3. The molecule has 4 rings (SSSR count). The number of ether oxygens (including phenoxy) is 1. The number of fused-ring (bicyclic) bond motifs is 2. The third-order valence-electron chi connectivity index (χ3n) is 6.40. The van der Waals surface area contributed by atoms with Gasteiger partial charge in [-0.15, -0.1) is 0 Å². The first-order valence-electron chi connectivity index (χ1n) is 9.74. The van der Waals surface area contributed by atoms with Crippen LogP contribution in [0.5, 0.6) is 11.5 Å². The van der Waals surface area contributed by atoms with Gasteiger partial charge >= 0.3 is 0 Å². The summed E-state index contributed by atoms with van der Waals surface area (Å²) in [6.07, 6.45) is 2.51. The summed E-state index contributed by atoms with van der Waals surface area (Å²) < 4.78 is 5.51. The first-order valence-corrected chi connectivity index (χ1v) is 9.74. The van der Waals surface area contributed by atoms with Crippen LogP contribution in [0.2, 0.25) is 0 Å². The van der Waals surface area contributed by atoms with Gasteiger partial charge in [0.2, 0.25) is 5.78 Å². The summed E-state index contributed by atoms with van der Waals surface area (Å²) in [6, 6.07) is 0. The Kier molecular flexibility index (Phi) is 4.49. The van der Waals surface area contributed by atoms with E-state index >= 15 is 0 Å². The average Bonchev–Trinajstić information content (AvgIpc) is 3.15. The lowest BCUT2D eigenvalue weighted by Crippen LogP contribution is -2.55. The molecule has 156 valence electrons. The molecule has 0 saturated carbocycles. The monoisotopic (exact) mass is 403 g/mol. The smallest absolute Gasteiger partial charge is 0.213 e. The summed E-state index contributed by atoms with van der Waals surface area (Å²) >= 11 is 0. The van der Waals surface area contributed by atoms with Crippen molar-refractivity contribution >= 4 is 11.6 Å². The fourth-order valence-electron chi connectivity index (χ4n) is 4.30. The van der Waals surface area contributed by atoms with E-state index in [1.54, 1.807) is 0 Å². The van der Waals surface area contributed by atoms with Crippen molar-refractivity contribution in [3.05, 3.63) is 34.0 Å². The lowest BCUT2D eigenvalue weighted by Gasteiger charge is -2.44. The largest absolute Gasteiger partial charge is 0.507 e. The fraction of sp³-hybridized carbons (Fsp3) is 0.524. The highest BCUT2D eigenvalue weighted by Gasteiger charge is 2.49. The quantitative estimate of drug-likeness (QED) is 0.466. The predicted octanol–water partition coefficient (Wildman–Crippen LogP) is 0.730. The molecule has 0 aromatic heterocycles. The summed E-state index contributed by atoms with van der Waals surface area (Å²) in [5.74, 6) is -2.09. The molecule has 5 N–H and O–H groups in total. The van der Waals surface area contributed by atoms with Crippen molar-refractivity contribution in [2.75, 3.05) is 13.2 Å². The summed E-state index contributed by atoms with van der Waals surface area (Å²) in [7, 11) is 0. The van der Waals surface area contributed by atoms with E-state index in [1.165, 1.54) is 13.8 Å². The first kappa shape index (κ1) is 19.9. The van der Waals surface area contributed by atoms with Crippen molar-refractivity contribution in [1.29, 1.82) is 0 Å². The van der Waals surface area contributed by atoms with Crippen LogP contribution in [-0.4, -0.2) is 62.5 Å². The molecule has 29 heavy (non-hydrogen) atoms. The van der Waals surface area contributed by atoms with Crippen LogP contribution in [0.4, 0.5) is 0 Å². The van der Waals surface area contributed by atoms with E-state index in [-0.39, 0.29) is 46.9 Å². The van der Waals surface area contributed by atoms with Crippen molar-refractivity contribution in [3.8, 4) is 11.5 Å². The van der Waals surface area contributed by atoms with Crippen LogP contribution < -0.4 is 5.32 Å². The average molecular weight is 403 g/mol. The number of rotatable bonds is 3. The maximum absolute atomic E-state index is 13.0. The topological polar surface area (TPSA) is 136 Å². The molecule has 3 atom stereocenters. The molecular formula is C21H25NO7. The Labute approximate surface area is 167 Å². The molecule has 1 unspecified atom stereocenters. The molecule has 1 saturated heterocycles. The molecule has 1 fully saturated rings. The number of ketones is 2. The number of hydrogen-bond donors (Lipinski definition) is 5. The van der Waals surface area contributed by atoms with Gasteiger partial charge in [0, 0.05) is 43.2 Å². The zero-order valence-corrected chi connectivity index (χ0v) is 16.4. The number of nitrogens with one attached hydrogen (secondary N) is 1. The molecule has 0 bridgehead atoms. The van der Waals surface area contributed by atoms with E-state index in [0.29, 0.717) is 13.2 Å². The van der Waals surface area contributed by atoms with Gasteiger partial charge in [0.05, 0.1) is 34.1 Å². The Hall–Kier alpha value is -2.42. The van der Waals surface area contributed by atoms with Gasteiger partial charge in [0.15, 0.2) is 5.78 Å². The van der Waals surface area contributed by atoms with E-state index in [9.17, 15) is 30.0 Å². The zero-order chi connectivity index (χ0) is 21.1. The molecule has 0 radical (unpaired) electrons. The van der Waals surface area contributed by atoms with Crippen molar-refractivity contribution in [2.45, 2.75) is 56.8 Å². The summed E-state index contributed by atoms with van der Waals surface area (Å²) in [5.41, 5.74) is -3.35. The molecule has 1 aliphatic heterocycles. The van der Waals surface area contributed by atoms with Gasteiger partial charge in [-0.25, -0.2) is 0 Å². The van der Waals surface area contributed by atoms with Gasteiger partial charge in [-0.3, -0.25) is 9.59 Å². The van der Waals surface area contributed by atoms with E-state index in [2.05, 4.69) is 5.32 Å². The van der Waals surface area contributed by atoms with Crippen LogP contribution in [0.15, 0.2) is 11.8 Å². The number of aromatic hydroxyl groups is 2. The molecular weight excluding hydrogens is 378 g/mol. The molecule has 8 heteroatoms. The van der Waals surface area contributed by atoms with E-state index < -0.39 is 34.3 Å². The van der Waals surface area contributed by atoms with Crippen molar-refractivity contribution in [2.24, 2.45) is 0 Å². The van der Waals surface area contributed by atoms with Gasteiger partial charge in [-0.1, -0.05) is 0 Å². The number of allylic oxidation sites excluding steroid dienone is 2. The van der Waals surface area contributed by atoms with Crippen LogP contribution in [0.3, 0.4) is 0 Å². The highest BCUT2D eigenvalue weighted by molar-refractivity contribution is 6.26. The van der Waals surface area contributed by atoms with Gasteiger partial charge < -0.3 is 30.5 Å². The summed E-state index contributed by atoms with van der Waals surface area (Å²) in [5, 5.41) is 45.7. The van der Waals surface area contributed by atoms with Gasteiger partial charge in [-0.05, 0) is 26.7 Å². The maximum Gasteiger partial charge on any atom is 0.213 e. The number of phenolic OH excluding ortho intramolecular Hbond substituents is 2. The molecule has 8 nitrogen and oxygen atoms in total. The van der Waals surface area contributed by atoms with E-state index in [4.69, 9.17) is 4.74 Å². The number of carbonyl (C=O) groups excluding carboxylic acids is 2. The molecule has 1 aromatic rings. The molecule has 1 aromatic carbocycles. The minimum Gasteiger partial charge on any atom is -0.507 e. The standard InChI is InChI=1S/C21H25NO7/c1-20(27)7-11-12(8-21(20,2)28)18(25)16-15(17(11)24)14(23)6-13(19(16)26)22-9-10-4-3-5-29-10/h6,10,22,24-25,27-28H,3-5,7-9H2,1-2H3/t10?,20-,21+/m1/s1. The van der Waals surface area contributed by atoms with Crippen LogP contribution in [-0.2, 0) is 17.6 Å². The highest BCUT2D eigenvalue weighted by Crippen LogP contribution is 2.48. The second kappa shape index (κ2) is 6.55. The van der Waals surface area contributed by atoms with E-state index in [0.717, 1.165) is 18.9 Å². The minimum absolute atomic E-state index is 0.0298. The molecule has 1 heterocycles. The van der Waals surface area contributed by atoms with Crippen LogP contribution in [0, 0.1) is 0 Å². The van der Waals surface area contributed by atoms with E-state index in [1.807, 2.05) is 0 Å². The van der Waals surface area contributed by atoms with Gasteiger partial charge in [-0.2, -0.15) is 0 Å². The number of hydrogen-bond acceptors (Lipinski definition) is 8. The van der Waals surface area contributed by atoms with Crippen LogP contribution in [0.25, 0.3) is 0 Å². The van der Waals surface area contributed by atoms with Crippen LogP contribution in [0.1, 0.15) is 58.5 Å². The molecule has 0 amide bonds. The SMILES string of the molecule is C[C@]1(O)Cc2c(O)c3c(c(O)c2C[C@@]1(C)O)C(=O)C=C(NCC1CCCO1)C3=O. The highest BCUT2D eigenvalue weighted by atomic mass is 16.5. The van der Waals surface area contributed by atoms with Crippen molar-refractivity contribution in [3.63, 3.8) is 0 Å². The zero-order valence-electron chi connectivity index (χ0n) is 16.4. The second-order valence-electron chi connectivity index (χ2n) is 8.57. The molecule has 3 aliphatic rings. The van der Waals surface area contributed by atoms with Crippen molar-refractivity contribution in [1.82, 2.24) is 5.32 Å². The van der Waals surface area contributed by atoms with Gasteiger partial charge in [0.1, 0.15) is 11.5 Å². The Bertz CT molecular complexity index is 939. The third-order valence-corrected chi connectivity index (χ3v) is 6.40. The Morgan fingerprint density at radius 2 is 1.66 bits per heavy atom. The number of carbonyl (C=O) groups is 2. The predicted molar refractivity (Wildman–Crippen MR) is 102 cm³/mol. The maximum atomic E-state index is 13.0. The lowest BCUT2D eigenvalue weighted by molar-refractivity contribution is -0.135. The number of phenols is 2. The Morgan fingerprint density at radius 3 is 2.21 bits per heavy atom. The number of aliphatic hydroxyl groups is 2. The Balaban J connectivity index is 1.75. The number of Topliss-reactive ketones (excluding diaryl/α,β-unsaturated/α-hetero) is 1. The summed E-state index contributed by atoms with van der Waals surface area (Å²) in [4.78, 5) is 25.7. The lowest BCUT2D eigenvalue weighted by atomic mass is 9.69. The second-order valence-corrected chi connectivity index (χ2v) is 8.57. The van der Waals surface area contributed by atoms with Crippen molar-refractivity contribution < 1.29 is 34.8 Å². The Morgan fingerprint density at radius 1 is 1.07 bits per heavy atom. The first-order chi connectivity index (χ1) is 13.5. The summed E-state index contributed by atoms with van der Waals surface area (Å²) in [6.45, 7) is 3.86. The molecule has 2 aliphatic carbocycles. The minimum atomic E-state index is -1.59. The third kappa shape index (κ3) is 3.02. The molecule has 0 spiro atoms.